The zero-order valence-electron chi connectivity index (χ0n) is 9.27. The van der Waals surface area contributed by atoms with E-state index in [1.54, 1.807) is 0 Å². The van der Waals surface area contributed by atoms with Crippen molar-refractivity contribution in [1.82, 2.24) is 4.90 Å². The number of rotatable bonds is 4. The average molecular weight is 271 g/mol. The quantitative estimate of drug-likeness (QED) is 0.771. The summed E-state index contributed by atoms with van der Waals surface area (Å²) in [5.74, 6) is -1.91. The molecule has 18 heavy (non-hydrogen) atoms. The molecule has 0 spiro atoms. The second kappa shape index (κ2) is 6.01. The van der Waals surface area contributed by atoms with Gasteiger partial charge in [-0.3, -0.25) is 4.79 Å². The topological polar surface area (TPSA) is 76.1 Å². The maximum atomic E-state index is 11.8. The lowest BCUT2D eigenvalue weighted by Gasteiger charge is -2.30. The van der Waals surface area contributed by atoms with Crippen molar-refractivity contribution in [3.05, 3.63) is 0 Å². The first-order valence-corrected chi connectivity index (χ1v) is 5.06. The number of hydrogen-bond donors (Lipinski definition) is 1. The number of carboxylic acid groups (broad SMARTS) is 1. The normalized spacial score (nSPS) is 20.8. The van der Waals surface area contributed by atoms with E-state index >= 15 is 0 Å². The zero-order chi connectivity index (χ0) is 13.8. The molecule has 0 saturated carbocycles. The van der Waals surface area contributed by atoms with Crippen LogP contribution in [0.15, 0.2) is 0 Å². The van der Waals surface area contributed by atoms with E-state index in [4.69, 9.17) is 9.84 Å². The van der Waals surface area contributed by atoms with Gasteiger partial charge in [-0.1, -0.05) is 0 Å². The van der Waals surface area contributed by atoms with E-state index in [0.29, 0.717) is 0 Å². The number of carboxylic acids is 1. The van der Waals surface area contributed by atoms with Crippen molar-refractivity contribution in [1.29, 1.82) is 0 Å². The molecule has 0 aliphatic carbocycles. The van der Waals surface area contributed by atoms with Crippen molar-refractivity contribution in [2.45, 2.75) is 12.3 Å². The summed E-state index contributed by atoms with van der Waals surface area (Å²) in [6.07, 6.45) is -5.64. The predicted octanol–water partition coefficient (Wildman–Crippen LogP) is -0.123. The number of alkyl halides is 3. The minimum atomic E-state index is -4.49. The maximum Gasteiger partial charge on any atom is 0.411 e. The number of hydrogen-bond acceptors (Lipinski definition) is 4. The Morgan fingerprint density at radius 2 is 2.11 bits per heavy atom. The van der Waals surface area contributed by atoms with Crippen LogP contribution < -0.4 is 0 Å². The lowest BCUT2D eigenvalue weighted by Crippen LogP contribution is -2.49. The molecule has 1 aliphatic rings. The van der Waals surface area contributed by atoms with Gasteiger partial charge in [0.05, 0.1) is 13.2 Å². The second-order valence-electron chi connectivity index (χ2n) is 3.65. The number of nitrogens with zero attached hydrogens (tertiary/aromatic N) is 1. The van der Waals surface area contributed by atoms with Gasteiger partial charge in [0.15, 0.2) is 6.10 Å². The summed E-state index contributed by atoms with van der Waals surface area (Å²) in [4.78, 5) is 23.2. The molecule has 1 saturated heterocycles. The molecule has 6 nitrogen and oxygen atoms in total. The van der Waals surface area contributed by atoms with E-state index in [0.717, 1.165) is 4.90 Å². The third-order valence-electron chi connectivity index (χ3n) is 2.19. The molecule has 1 aliphatic heterocycles. The number of ether oxygens (including phenoxy) is 2. The molecule has 0 bridgehead atoms. The van der Waals surface area contributed by atoms with E-state index in [1.165, 1.54) is 0 Å². The molecule has 0 aromatic rings. The maximum absolute atomic E-state index is 11.8. The monoisotopic (exact) mass is 271 g/mol. The van der Waals surface area contributed by atoms with Crippen molar-refractivity contribution < 1.29 is 37.3 Å². The smallest absolute Gasteiger partial charge is 0.411 e. The fraction of sp³-hybridized carbons (Fsp3) is 0.778. The van der Waals surface area contributed by atoms with Crippen LogP contribution in [0, 0.1) is 0 Å². The highest BCUT2D eigenvalue weighted by Gasteiger charge is 2.31. The Hall–Kier alpha value is -1.35. The largest absolute Gasteiger partial charge is 0.479 e. The SMILES string of the molecule is O=C(O)C1CN(C(=O)COCC(F)(F)F)CCO1. The highest BCUT2D eigenvalue weighted by Crippen LogP contribution is 2.14. The molecule has 9 heteroatoms. The third-order valence-corrected chi connectivity index (χ3v) is 2.19. The molecule has 1 rings (SSSR count). The molecule has 1 N–H and O–H groups in total. The molecular weight excluding hydrogens is 259 g/mol. The second-order valence-corrected chi connectivity index (χ2v) is 3.65. The predicted molar refractivity (Wildman–Crippen MR) is 50.8 cm³/mol. The summed E-state index contributed by atoms with van der Waals surface area (Å²) in [5.41, 5.74) is 0. The molecule has 1 unspecified atom stereocenters. The lowest BCUT2D eigenvalue weighted by atomic mass is 10.2. The van der Waals surface area contributed by atoms with Crippen molar-refractivity contribution >= 4 is 11.9 Å². The van der Waals surface area contributed by atoms with Crippen LogP contribution in [-0.4, -0.2) is 67.1 Å². The Labute approximate surface area is 100 Å². The van der Waals surface area contributed by atoms with Crippen molar-refractivity contribution in [2.75, 3.05) is 32.9 Å². The summed E-state index contributed by atoms with van der Waals surface area (Å²) in [5, 5.41) is 8.68. The molecule has 1 fully saturated rings. The molecule has 0 aromatic carbocycles. The first kappa shape index (κ1) is 14.7. The van der Waals surface area contributed by atoms with Gasteiger partial charge in [0.25, 0.3) is 0 Å². The number of amides is 1. The van der Waals surface area contributed by atoms with Crippen molar-refractivity contribution in [3.63, 3.8) is 0 Å². The Morgan fingerprint density at radius 3 is 2.67 bits per heavy atom. The number of morpholine rings is 1. The van der Waals surface area contributed by atoms with Crippen LogP contribution in [-0.2, 0) is 19.1 Å². The molecule has 1 atom stereocenters. The van der Waals surface area contributed by atoms with Crippen molar-refractivity contribution in [2.24, 2.45) is 0 Å². The van der Waals surface area contributed by atoms with E-state index in [9.17, 15) is 22.8 Å². The summed E-state index contributed by atoms with van der Waals surface area (Å²) in [6.45, 7) is -2.26. The van der Waals surface area contributed by atoms with Crippen LogP contribution in [0.2, 0.25) is 0 Å². The van der Waals surface area contributed by atoms with Crippen LogP contribution in [0.3, 0.4) is 0 Å². The van der Waals surface area contributed by atoms with E-state index < -0.39 is 37.4 Å². The number of carbonyl (C=O) groups excluding carboxylic acids is 1. The molecule has 0 radical (unpaired) electrons. The lowest BCUT2D eigenvalue weighted by molar-refractivity contribution is -0.179. The van der Waals surface area contributed by atoms with Gasteiger partial charge in [0.1, 0.15) is 13.2 Å². The van der Waals surface area contributed by atoms with Crippen LogP contribution in [0.1, 0.15) is 0 Å². The highest BCUT2D eigenvalue weighted by molar-refractivity contribution is 5.79. The number of halogens is 3. The summed E-state index contributed by atoms with van der Waals surface area (Å²) >= 11 is 0. The van der Waals surface area contributed by atoms with Gasteiger partial charge >= 0.3 is 12.1 Å². The van der Waals surface area contributed by atoms with E-state index in [2.05, 4.69) is 4.74 Å². The molecule has 1 heterocycles. The van der Waals surface area contributed by atoms with Gasteiger partial charge in [-0.25, -0.2) is 4.79 Å². The van der Waals surface area contributed by atoms with Gasteiger partial charge in [0.2, 0.25) is 5.91 Å². The van der Waals surface area contributed by atoms with Gasteiger partial charge in [0, 0.05) is 6.54 Å². The minimum Gasteiger partial charge on any atom is -0.479 e. The van der Waals surface area contributed by atoms with Gasteiger partial charge in [-0.05, 0) is 0 Å². The summed E-state index contributed by atoms with van der Waals surface area (Å²) in [6, 6.07) is 0. The molecule has 104 valence electrons. The standard InChI is InChI=1S/C9H12F3NO5/c10-9(11,12)5-17-4-7(14)13-1-2-18-6(3-13)8(15)16/h6H,1-5H2,(H,15,16). The van der Waals surface area contributed by atoms with Gasteiger partial charge in [-0.15, -0.1) is 0 Å². The number of aliphatic carboxylic acids is 1. The summed E-state index contributed by atoms with van der Waals surface area (Å²) in [7, 11) is 0. The van der Waals surface area contributed by atoms with Gasteiger partial charge < -0.3 is 19.5 Å². The Bertz CT molecular complexity index is 320. The molecule has 0 aromatic heterocycles. The van der Waals surface area contributed by atoms with Gasteiger partial charge in [-0.2, -0.15) is 13.2 Å². The Balaban J connectivity index is 2.35. The first-order chi connectivity index (χ1) is 8.29. The number of carbonyl (C=O) groups is 2. The minimum absolute atomic E-state index is 0.0297. The Morgan fingerprint density at radius 1 is 1.44 bits per heavy atom. The average Bonchev–Trinajstić information content (AvgIpc) is 2.27. The summed E-state index contributed by atoms with van der Waals surface area (Å²) < 4.78 is 44.4. The van der Waals surface area contributed by atoms with Crippen LogP contribution >= 0.6 is 0 Å². The third kappa shape index (κ3) is 4.88. The Kier molecular flexibility index (Phi) is 4.91. The fourth-order valence-electron chi connectivity index (χ4n) is 1.37. The van der Waals surface area contributed by atoms with Crippen molar-refractivity contribution in [3.8, 4) is 0 Å². The van der Waals surface area contributed by atoms with Crippen LogP contribution in [0.25, 0.3) is 0 Å². The molecular formula is C9H12F3NO5. The zero-order valence-corrected chi connectivity index (χ0v) is 9.27. The first-order valence-electron chi connectivity index (χ1n) is 5.06. The van der Waals surface area contributed by atoms with E-state index in [1.807, 2.05) is 0 Å². The fourth-order valence-corrected chi connectivity index (χ4v) is 1.37. The van der Waals surface area contributed by atoms with Crippen LogP contribution in [0.5, 0.6) is 0 Å². The molecule has 1 amide bonds. The highest BCUT2D eigenvalue weighted by atomic mass is 19.4. The van der Waals surface area contributed by atoms with E-state index in [-0.39, 0.29) is 19.7 Å². The van der Waals surface area contributed by atoms with Crippen LogP contribution in [0.4, 0.5) is 13.2 Å².